The van der Waals surface area contributed by atoms with Gasteiger partial charge in [0.2, 0.25) is 0 Å². The lowest BCUT2D eigenvalue weighted by Crippen LogP contribution is -1.87. The Balaban J connectivity index is 1.95. The van der Waals surface area contributed by atoms with E-state index in [9.17, 15) is 10.2 Å². The van der Waals surface area contributed by atoms with E-state index < -0.39 is 0 Å². The van der Waals surface area contributed by atoms with E-state index in [0.717, 1.165) is 15.7 Å². The summed E-state index contributed by atoms with van der Waals surface area (Å²) in [6, 6.07) is 11.3. The Labute approximate surface area is 132 Å². The molecule has 0 aliphatic carbocycles. The van der Waals surface area contributed by atoms with Gasteiger partial charge in [-0.1, -0.05) is 29.5 Å². The molecular formula is C17H16N2O2S. The van der Waals surface area contributed by atoms with E-state index in [1.165, 1.54) is 11.3 Å². The van der Waals surface area contributed by atoms with E-state index in [-0.39, 0.29) is 11.5 Å². The van der Waals surface area contributed by atoms with Crippen LogP contribution in [-0.2, 0) is 0 Å². The molecule has 1 heterocycles. The molecule has 0 spiro atoms. The third-order valence-corrected chi connectivity index (χ3v) is 4.58. The number of hydrogen-bond acceptors (Lipinski definition) is 5. The number of phenolic OH excluding ortho intramolecular Hbond substituents is 2. The van der Waals surface area contributed by atoms with Crippen LogP contribution in [0.4, 0.5) is 10.8 Å². The number of benzene rings is 2. The summed E-state index contributed by atoms with van der Waals surface area (Å²) in [6.07, 6.45) is 1.69. The second-order valence-electron chi connectivity index (χ2n) is 5.06. The molecule has 0 saturated heterocycles. The molecule has 0 radical (unpaired) electrons. The number of thiazole rings is 1. The maximum atomic E-state index is 10.3. The van der Waals surface area contributed by atoms with Gasteiger partial charge in [0.15, 0.2) is 5.13 Å². The number of aromatic hydroxyl groups is 2. The van der Waals surface area contributed by atoms with Crippen molar-refractivity contribution < 1.29 is 10.2 Å². The number of nitrogens with zero attached hydrogens (tertiary/aromatic N) is 1. The Morgan fingerprint density at radius 2 is 1.77 bits per heavy atom. The van der Waals surface area contributed by atoms with Crippen molar-refractivity contribution in [1.82, 2.24) is 4.98 Å². The number of nitrogens with one attached hydrogen (secondary N) is 1. The summed E-state index contributed by atoms with van der Waals surface area (Å²) in [4.78, 5) is 5.13. The first kappa shape index (κ1) is 14.4. The number of anilines is 2. The fraction of sp³-hybridized carbons (Fsp3) is 0.118. The maximum Gasteiger partial charge on any atom is 0.187 e. The third-order valence-electron chi connectivity index (χ3n) is 3.63. The van der Waals surface area contributed by atoms with Gasteiger partial charge >= 0.3 is 0 Å². The standard InChI is InChI=1S/C17H16N2O2S/c1-10-11(2)16(21)13(8-14(10)20)15-9-18-17(22-15)19-12-6-4-3-5-7-12/h3-9,20-21H,1-2H3,(H,18,19). The summed E-state index contributed by atoms with van der Waals surface area (Å²) < 4.78 is 0. The van der Waals surface area contributed by atoms with Crippen LogP contribution in [0.5, 0.6) is 11.5 Å². The highest BCUT2D eigenvalue weighted by Crippen LogP contribution is 2.41. The topological polar surface area (TPSA) is 65.4 Å². The second kappa shape index (κ2) is 5.69. The summed E-state index contributed by atoms with van der Waals surface area (Å²) >= 11 is 1.42. The van der Waals surface area contributed by atoms with E-state index in [1.807, 2.05) is 30.3 Å². The summed E-state index contributed by atoms with van der Waals surface area (Å²) in [6.45, 7) is 3.57. The van der Waals surface area contributed by atoms with E-state index in [2.05, 4.69) is 10.3 Å². The molecule has 3 N–H and O–H groups in total. The predicted molar refractivity (Wildman–Crippen MR) is 90.1 cm³/mol. The van der Waals surface area contributed by atoms with Crippen LogP contribution in [0.2, 0.25) is 0 Å². The molecule has 0 aliphatic rings. The zero-order valence-electron chi connectivity index (χ0n) is 12.3. The number of para-hydroxylation sites is 1. The highest BCUT2D eigenvalue weighted by atomic mass is 32.1. The van der Waals surface area contributed by atoms with Crippen molar-refractivity contribution in [2.75, 3.05) is 5.32 Å². The molecule has 112 valence electrons. The van der Waals surface area contributed by atoms with Crippen molar-refractivity contribution >= 4 is 22.2 Å². The van der Waals surface area contributed by atoms with E-state index in [1.54, 1.807) is 26.1 Å². The molecule has 5 heteroatoms. The lowest BCUT2D eigenvalue weighted by atomic mass is 10.0. The quantitative estimate of drug-likeness (QED) is 0.619. The minimum Gasteiger partial charge on any atom is -0.508 e. The van der Waals surface area contributed by atoms with Crippen molar-refractivity contribution in [2.24, 2.45) is 0 Å². The van der Waals surface area contributed by atoms with Crippen LogP contribution in [0, 0.1) is 13.8 Å². The minimum absolute atomic E-state index is 0.177. The van der Waals surface area contributed by atoms with Gasteiger partial charge in [-0.15, -0.1) is 0 Å². The summed E-state index contributed by atoms with van der Waals surface area (Å²) in [7, 11) is 0. The van der Waals surface area contributed by atoms with Crippen LogP contribution in [-0.4, -0.2) is 15.2 Å². The molecule has 0 atom stereocenters. The van der Waals surface area contributed by atoms with Crippen LogP contribution >= 0.6 is 11.3 Å². The first-order valence-electron chi connectivity index (χ1n) is 6.86. The third kappa shape index (κ3) is 2.63. The van der Waals surface area contributed by atoms with Crippen LogP contribution in [0.25, 0.3) is 10.4 Å². The molecule has 3 rings (SSSR count). The zero-order chi connectivity index (χ0) is 15.7. The van der Waals surface area contributed by atoms with Gasteiger partial charge in [0.1, 0.15) is 11.5 Å². The van der Waals surface area contributed by atoms with Gasteiger partial charge in [0, 0.05) is 17.4 Å². The molecule has 2 aromatic carbocycles. The average Bonchev–Trinajstić information content (AvgIpc) is 2.98. The Hall–Kier alpha value is -2.53. The Kier molecular flexibility index (Phi) is 3.73. The first-order valence-corrected chi connectivity index (χ1v) is 7.68. The van der Waals surface area contributed by atoms with Gasteiger partial charge in [-0.25, -0.2) is 4.98 Å². The number of rotatable bonds is 3. The Bertz CT molecular complexity index is 813. The molecule has 0 bridgehead atoms. The van der Waals surface area contributed by atoms with E-state index in [0.29, 0.717) is 16.7 Å². The van der Waals surface area contributed by atoms with Gasteiger partial charge in [-0.2, -0.15) is 0 Å². The van der Waals surface area contributed by atoms with Crippen molar-refractivity contribution in [2.45, 2.75) is 13.8 Å². The van der Waals surface area contributed by atoms with Crippen molar-refractivity contribution in [1.29, 1.82) is 0 Å². The van der Waals surface area contributed by atoms with Crippen LogP contribution in [0.15, 0.2) is 42.6 Å². The molecular weight excluding hydrogens is 296 g/mol. The molecule has 3 aromatic rings. The van der Waals surface area contributed by atoms with Crippen LogP contribution in [0.3, 0.4) is 0 Å². The monoisotopic (exact) mass is 312 g/mol. The molecule has 22 heavy (non-hydrogen) atoms. The first-order chi connectivity index (χ1) is 10.6. The normalized spacial score (nSPS) is 10.6. The maximum absolute atomic E-state index is 10.3. The number of aromatic nitrogens is 1. The van der Waals surface area contributed by atoms with Gasteiger partial charge in [0.25, 0.3) is 0 Å². The lowest BCUT2D eigenvalue weighted by molar-refractivity contribution is 0.455. The zero-order valence-corrected chi connectivity index (χ0v) is 13.1. The Morgan fingerprint density at radius 3 is 2.50 bits per heavy atom. The summed E-state index contributed by atoms with van der Waals surface area (Å²) in [5.74, 6) is 0.362. The fourth-order valence-corrected chi connectivity index (χ4v) is 3.03. The molecule has 1 aromatic heterocycles. The molecule has 0 fully saturated rings. The number of hydrogen-bond donors (Lipinski definition) is 3. The van der Waals surface area contributed by atoms with Gasteiger partial charge in [0.05, 0.1) is 4.88 Å². The van der Waals surface area contributed by atoms with Gasteiger partial charge in [-0.05, 0) is 43.2 Å². The van der Waals surface area contributed by atoms with Gasteiger partial charge < -0.3 is 15.5 Å². The molecule has 0 amide bonds. The van der Waals surface area contributed by atoms with Crippen molar-refractivity contribution in [3.63, 3.8) is 0 Å². The Morgan fingerprint density at radius 1 is 1.05 bits per heavy atom. The van der Waals surface area contributed by atoms with Crippen LogP contribution in [0.1, 0.15) is 11.1 Å². The van der Waals surface area contributed by atoms with Crippen molar-refractivity contribution in [3.8, 4) is 21.9 Å². The highest BCUT2D eigenvalue weighted by molar-refractivity contribution is 7.19. The molecule has 4 nitrogen and oxygen atoms in total. The van der Waals surface area contributed by atoms with E-state index in [4.69, 9.17) is 0 Å². The molecule has 0 unspecified atom stereocenters. The smallest absolute Gasteiger partial charge is 0.187 e. The predicted octanol–water partition coefficient (Wildman–Crippen LogP) is 4.58. The molecule has 0 saturated carbocycles. The fourth-order valence-electron chi connectivity index (χ4n) is 2.17. The van der Waals surface area contributed by atoms with Gasteiger partial charge in [-0.3, -0.25) is 0 Å². The van der Waals surface area contributed by atoms with E-state index >= 15 is 0 Å². The number of phenols is 2. The highest BCUT2D eigenvalue weighted by Gasteiger charge is 2.15. The van der Waals surface area contributed by atoms with Crippen LogP contribution < -0.4 is 5.32 Å². The minimum atomic E-state index is 0.177. The largest absolute Gasteiger partial charge is 0.508 e. The SMILES string of the molecule is Cc1c(O)cc(-c2cnc(Nc3ccccc3)s2)c(O)c1C. The average molecular weight is 312 g/mol. The van der Waals surface area contributed by atoms with Crippen molar-refractivity contribution in [3.05, 3.63) is 53.7 Å². The second-order valence-corrected chi connectivity index (χ2v) is 6.09. The summed E-state index contributed by atoms with van der Waals surface area (Å²) in [5.41, 5.74) is 2.92. The molecule has 0 aliphatic heterocycles. The lowest BCUT2D eigenvalue weighted by Gasteiger charge is -2.10. The summed E-state index contributed by atoms with van der Waals surface area (Å²) in [5, 5.41) is 24.2.